The maximum absolute atomic E-state index is 13.1. The first-order valence-corrected chi connectivity index (χ1v) is 11.8. The zero-order valence-corrected chi connectivity index (χ0v) is 19.2. The molecule has 1 N–H and O–H groups in total. The maximum atomic E-state index is 13.1. The van der Waals surface area contributed by atoms with Crippen molar-refractivity contribution in [1.82, 2.24) is 19.2 Å². The van der Waals surface area contributed by atoms with Gasteiger partial charge in [-0.3, -0.25) is 18.6 Å². The molecule has 0 aliphatic carbocycles. The van der Waals surface area contributed by atoms with Gasteiger partial charge in [-0.05, 0) is 36.9 Å². The number of aryl methyl sites for hydroxylation is 1. The van der Waals surface area contributed by atoms with Gasteiger partial charge >= 0.3 is 0 Å². The molecule has 0 fully saturated rings. The number of hydrogen-bond acceptors (Lipinski definition) is 5. The Kier molecular flexibility index (Phi) is 5.60. The largest absolute Gasteiger partial charge is 0.325 e. The summed E-state index contributed by atoms with van der Waals surface area (Å²) in [4.78, 5) is 26.1. The van der Waals surface area contributed by atoms with Crippen molar-refractivity contribution in [2.24, 2.45) is 0 Å². The molecule has 3 aromatic carbocycles. The second-order valence-corrected chi connectivity index (χ2v) is 9.18. The molecule has 33 heavy (non-hydrogen) atoms. The highest BCUT2D eigenvalue weighted by Crippen LogP contribution is 2.28. The summed E-state index contributed by atoms with van der Waals surface area (Å²) in [6.07, 6.45) is 0.799. The second-order valence-electron chi connectivity index (χ2n) is 7.87. The summed E-state index contributed by atoms with van der Waals surface area (Å²) < 4.78 is 3.53. The van der Waals surface area contributed by atoms with Crippen molar-refractivity contribution >= 4 is 50.8 Å². The molecule has 0 radical (unpaired) electrons. The van der Waals surface area contributed by atoms with Crippen LogP contribution in [0.4, 0.5) is 5.69 Å². The molecule has 1 atom stereocenters. The standard InChI is InChI=1S/C25H23N5O2S/c1-3-15-29-23(32)19-12-6-7-14-21(19)30-24(29)27-28-25(30)33-16(2)22(31)26-20-13-8-10-17-9-4-5-11-18(17)20/h4-14,16H,3,15H2,1-2H3,(H,26,31). The topological polar surface area (TPSA) is 81.3 Å². The number of anilines is 1. The van der Waals surface area contributed by atoms with Crippen molar-refractivity contribution < 1.29 is 4.79 Å². The third-order valence-electron chi connectivity index (χ3n) is 5.62. The molecule has 0 saturated heterocycles. The Morgan fingerprint density at radius 1 is 1.00 bits per heavy atom. The monoisotopic (exact) mass is 457 g/mol. The van der Waals surface area contributed by atoms with Crippen molar-refractivity contribution in [2.75, 3.05) is 5.32 Å². The first-order chi connectivity index (χ1) is 16.1. The normalized spacial score (nSPS) is 12.4. The number of carbonyl (C=O) groups is 1. The number of thioether (sulfide) groups is 1. The molecule has 0 saturated carbocycles. The smallest absolute Gasteiger partial charge is 0.262 e. The van der Waals surface area contributed by atoms with Gasteiger partial charge in [-0.15, -0.1) is 10.2 Å². The van der Waals surface area contributed by atoms with Gasteiger partial charge in [0.25, 0.3) is 5.56 Å². The van der Waals surface area contributed by atoms with Gasteiger partial charge in [0.1, 0.15) is 0 Å². The summed E-state index contributed by atoms with van der Waals surface area (Å²) in [5.41, 5.74) is 1.43. The average Bonchev–Trinajstić information content (AvgIpc) is 3.25. The van der Waals surface area contributed by atoms with E-state index in [-0.39, 0.29) is 11.5 Å². The molecule has 1 amide bonds. The van der Waals surface area contributed by atoms with Crippen LogP contribution in [0.1, 0.15) is 20.3 Å². The second kappa shape index (κ2) is 8.71. The van der Waals surface area contributed by atoms with Crippen molar-refractivity contribution in [3.05, 3.63) is 77.1 Å². The predicted molar refractivity (Wildman–Crippen MR) is 133 cm³/mol. The number of hydrogen-bond donors (Lipinski definition) is 1. The van der Waals surface area contributed by atoms with E-state index in [0.717, 1.165) is 28.4 Å². The highest BCUT2D eigenvalue weighted by Gasteiger charge is 2.22. The fraction of sp³-hybridized carbons (Fsp3) is 0.200. The minimum absolute atomic E-state index is 0.0781. The first-order valence-electron chi connectivity index (χ1n) is 10.9. The number of nitrogens with one attached hydrogen (secondary N) is 1. The van der Waals surface area contributed by atoms with E-state index in [4.69, 9.17) is 0 Å². The molecule has 0 aliphatic rings. The summed E-state index contributed by atoms with van der Waals surface area (Å²) in [6.45, 7) is 4.41. The van der Waals surface area contributed by atoms with Crippen LogP contribution in [0, 0.1) is 0 Å². The number of rotatable bonds is 6. The van der Waals surface area contributed by atoms with Gasteiger partial charge in [0.15, 0.2) is 5.16 Å². The number of aromatic nitrogens is 4. The highest BCUT2D eigenvalue weighted by atomic mass is 32.2. The lowest BCUT2D eigenvalue weighted by molar-refractivity contribution is -0.115. The van der Waals surface area contributed by atoms with Crippen molar-refractivity contribution in [3.63, 3.8) is 0 Å². The molecular formula is C25H23N5O2S. The summed E-state index contributed by atoms with van der Waals surface area (Å²) in [7, 11) is 0. The van der Waals surface area contributed by atoms with E-state index in [9.17, 15) is 9.59 Å². The minimum atomic E-state index is -0.429. The molecule has 0 spiro atoms. The van der Waals surface area contributed by atoms with Gasteiger partial charge < -0.3 is 5.32 Å². The van der Waals surface area contributed by atoms with E-state index in [1.54, 1.807) is 4.57 Å². The summed E-state index contributed by atoms with van der Waals surface area (Å²) in [5.74, 6) is 0.365. The first kappa shape index (κ1) is 21.2. The van der Waals surface area contributed by atoms with Crippen LogP contribution in [0.15, 0.2) is 76.7 Å². The molecule has 7 nitrogen and oxygen atoms in total. The third-order valence-corrected chi connectivity index (χ3v) is 6.67. The van der Waals surface area contributed by atoms with Crippen molar-refractivity contribution in [2.45, 2.75) is 37.2 Å². The lowest BCUT2D eigenvalue weighted by atomic mass is 10.1. The molecule has 5 aromatic rings. The van der Waals surface area contributed by atoms with E-state index in [0.29, 0.717) is 22.9 Å². The molecule has 5 rings (SSSR count). The predicted octanol–water partition coefficient (Wildman–Crippen LogP) is 4.73. The fourth-order valence-corrected chi connectivity index (χ4v) is 4.87. The lowest BCUT2D eigenvalue weighted by Crippen LogP contribution is -2.24. The fourth-order valence-electron chi connectivity index (χ4n) is 4.02. The highest BCUT2D eigenvalue weighted by molar-refractivity contribution is 8.00. The van der Waals surface area contributed by atoms with Crippen LogP contribution in [0.2, 0.25) is 0 Å². The summed E-state index contributed by atoms with van der Waals surface area (Å²) in [5, 5.41) is 14.5. The molecule has 166 valence electrons. The van der Waals surface area contributed by atoms with Crippen LogP contribution in [0.3, 0.4) is 0 Å². The number of fused-ring (bicyclic) bond motifs is 4. The third kappa shape index (κ3) is 3.76. The molecular weight excluding hydrogens is 434 g/mol. The van der Waals surface area contributed by atoms with Crippen molar-refractivity contribution in [3.8, 4) is 0 Å². The Morgan fingerprint density at radius 2 is 1.73 bits per heavy atom. The van der Waals surface area contributed by atoms with E-state index >= 15 is 0 Å². The SMILES string of the molecule is CCCn1c(=O)c2ccccc2n2c(SC(C)C(=O)Nc3cccc4ccccc34)nnc12. The van der Waals surface area contributed by atoms with Gasteiger partial charge in [0, 0.05) is 17.6 Å². The van der Waals surface area contributed by atoms with Crippen LogP contribution in [0.25, 0.3) is 27.5 Å². The van der Waals surface area contributed by atoms with Crippen molar-refractivity contribution in [1.29, 1.82) is 0 Å². The van der Waals surface area contributed by atoms with Crippen LogP contribution in [-0.2, 0) is 11.3 Å². The Hall–Kier alpha value is -3.65. The molecule has 0 bridgehead atoms. The van der Waals surface area contributed by atoms with Gasteiger partial charge in [-0.25, -0.2) is 0 Å². The van der Waals surface area contributed by atoms with Crippen LogP contribution < -0.4 is 10.9 Å². The van der Waals surface area contributed by atoms with Crippen LogP contribution in [-0.4, -0.2) is 30.3 Å². The molecule has 1 unspecified atom stereocenters. The molecule has 2 heterocycles. The van der Waals surface area contributed by atoms with Crippen LogP contribution >= 0.6 is 11.8 Å². The van der Waals surface area contributed by atoms with Gasteiger partial charge in [-0.2, -0.15) is 0 Å². The molecule has 0 aliphatic heterocycles. The van der Waals surface area contributed by atoms with E-state index < -0.39 is 5.25 Å². The summed E-state index contributed by atoms with van der Waals surface area (Å²) >= 11 is 1.32. The maximum Gasteiger partial charge on any atom is 0.262 e. The number of benzene rings is 3. The average molecular weight is 458 g/mol. The van der Waals surface area contributed by atoms with Gasteiger partial charge in [-0.1, -0.05) is 67.2 Å². The van der Waals surface area contributed by atoms with E-state index in [2.05, 4.69) is 15.5 Å². The number of amides is 1. The minimum Gasteiger partial charge on any atom is -0.325 e. The Bertz CT molecular complexity index is 1550. The number of para-hydroxylation sites is 1. The Morgan fingerprint density at radius 3 is 2.55 bits per heavy atom. The Labute approximate surface area is 194 Å². The van der Waals surface area contributed by atoms with E-state index in [1.807, 2.05) is 85.0 Å². The number of nitrogens with zero attached hydrogens (tertiary/aromatic N) is 4. The molecule has 8 heteroatoms. The van der Waals surface area contributed by atoms with Crippen LogP contribution in [0.5, 0.6) is 0 Å². The zero-order valence-electron chi connectivity index (χ0n) is 18.4. The van der Waals surface area contributed by atoms with Gasteiger partial charge in [0.2, 0.25) is 11.7 Å². The quantitative estimate of drug-likeness (QED) is 0.373. The lowest BCUT2D eigenvalue weighted by Gasteiger charge is -2.14. The molecule has 2 aromatic heterocycles. The summed E-state index contributed by atoms with van der Waals surface area (Å²) in [6, 6.07) is 21.2. The zero-order chi connectivity index (χ0) is 22.9. The van der Waals surface area contributed by atoms with Gasteiger partial charge in [0.05, 0.1) is 16.2 Å². The Balaban J connectivity index is 1.50. The van der Waals surface area contributed by atoms with E-state index in [1.165, 1.54) is 11.8 Å². The number of carbonyl (C=O) groups excluding carboxylic acids is 1.